The number of thioether (sulfide) groups is 1. The van der Waals surface area contributed by atoms with E-state index in [1.54, 1.807) is 0 Å². The molecular formula is C15H18BrNO3S. The molecule has 1 saturated carbocycles. The topological polar surface area (TPSA) is 66.4 Å². The number of carbonyl (C=O) groups is 2. The average Bonchev–Trinajstić information content (AvgIpc) is 2.36. The first-order chi connectivity index (χ1) is 9.84. The van der Waals surface area contributed by atoms with E-state index in [-0.39, 0.29) is 11.7 Å². The predicted molar refractivity (Wildman–Crippen MR) is 86.7 cm³/mol. The number of amides is 1. The molecule has 1 aliphatic rings. The van der Waals surface area contributed by atoms with Crippen LogP contribution >= 0.6 is 27.7 Å². The molecule has 0 radical (unpaired) electrons. The van der Waals surface area contributed by atoms with Crippen LogP contribution in [0.15, 0.2) is 21.5 Å². The van der Waals surface area contributed by atoms with Gasteiger partial charge in [0.15, 0.2) is 0 Å². The number of hydrogen-bond acceptors (Lipinski definition) is 3. The molecule has 21 heavy (non-hydrogen) atoms. The summed E-state index contributed by atoms with van der Waals surface area (Å²) in [7, 11) is 0. The van der Waals surface area contributed by atoms with Gasteiger partial charge in [-0.1, -0.05) is 15.9 Å². The molecule has 0 spiro atoms. The fourth-order valence-electron chi connectivity index (χ4n) is 2.28. The van der Waals surface area contributed by atoms with Gasteiger partial charge in [0.05, 0.1) is 5.75 Å². The van der Waals surface area contributed by atoms with Crippen molar-refractivity contribution >= 4 is 39.6 Å². The zero-order valence-corrected chi connectivity index (χ0v) is 14.4. The molecule has 2 N–H and O–H groups in total. The van der Waals surface area contributed by atoms with Gasteiger partial charge in [0.1, 0.15) is 5.54 Å². The summed E-state index contributed by atoms with van der Waals surface area (Å²) in [5.41, 5.74) is 1.19. The Morgan fingerprint density at radius 2 is 2.00 bits per heavy atom. The highest BCUT2D eigenvalue weighted by Crippen LogP contribution is 2.33. The van der Waals surface area contributed by atoms with Gasteiger partial charge in [-0.2, -0.15) is 0 Å². The van der Waals surface area contributed by atoms with Gasteiger partial charge in [-0.05, 0) is 56.4 Å². The Labute approximate surface area is 136 Å². The smallest absolute Gasteiger partial charge is 0.329 e. The quantitative estimate of drug-likeness (QED) is 0.779. The summed E-state index contributed by atoms with van der Waals surface area (Å²) in [4.78, 5) is 24.3. The minimum atomic E-state index is -1.03. The summed E-state index contributed by atoms with van der Waals surface area (Å²) in [5.74, 6) is -0.915. The van der Waals surface area contributed by atoms with E-state index in [4.69, 9.17) is 0 Å². The molecule has 6 heteroatoms. The van der Waals surface area contributed by atoms with Crippen LogP contribution in [0.1, 0.15) is 30.4 Å². The van der Waals surface area contributed by atoms with Crippen LogP contribution in [0.5, 0.6) is 0 Å². The van der Waals surface area contributed by atoms with E-state index >= 15 is 0 Å². The Bertz CT molecular complexity index is 585. The molecule has 0 bridgehead atoms. The predicted octanol–water partition coefficient (Wildman–Crippen LogP) is 3.28. The van der Waals surface area contributed by atoms with Crippen molar-refractivity contribution < 1.29 is 14.7 Å². The molecule has 1 aliphatic carbocycles. The molecular weight excluding hydrogens is 354 g/mol. The molecule has 0 heterocycles. The van der Waals surface area contributed by atoms with Crippen molar-refractivity contribution in [1.29, 1.82) is 0 Å². The SMILES string of the molecule is Cc1cc(SCC(=O)NC2(C(=O)O)CCC2)c(C)cc1Br. The molecule has 0 unspecified atom stereocenters. The first-order valence-corrected chi connectivity index (χ1v) is 8.56. The molecule has 4 nitrogen and oxygen atoms in total. The number of halogens is 1. The number of nitrogens with one attached hydrogen (secondary N) is 1. The average molecular weight is 372 g/mol. The number of rotatable bonds is 5. The van der Waals surface area contributed by atoms with Gasteiger partial charge in [-0.25, -0.2) is 4.79 Å². The second-order valence-electron chi connectivity index (χ2n) is 5.44. The molecule has 1 aromatic rings. The number of hydrogen-bond donors (Lipinski definition) is 2. The van der Waals surface area contributed by atoms with E-state index in [2.05, 4.69) is 21.2 Å². The summed E-state index contributed by atoms with van der Waals surface area (Å²) in [6, 6.07) is 4.06. The number of aryl methyl sites for hydroxylation is 2. The van der Waals surface area contributed by atoms with E-state index in [1.807, 2.05) is 26.0 Å². The molecule has 0 aromatic heterocycles. The van der Waals surface area contributed by atoms with Crippen LogP contribution in [-0.4, -0.2) is 28.3 Å². The molecule has 1 aromatic carbocycles. The third-order valence-electron chi connectivity index (χ3n) is 3.81. The van der Waals surface area contributed by atoms with E-state index in [0.717, 1.165) is 26.9 Å². The van der Waals surface area contributed by atoms with E-state index in [0.29, 0.717) is 12.8 Å². The van der Waals surface area contributed by atoms with Crippen LogP contribution in [0.3, 0.4) is 0 Å². The zero-order valence-electron chi connectivity index (χ0n) is 12.0. The van der Waals surface area contributed by atoms with Gasteiger partial charge < -0.3 is 10.4 Å². The Balaban J connectivity index is 1.96. The number of carboxylic acid groups (broad SMARTS) is 1. The second-order valence-corrected chi connectivity index (χ2v) is 7.32. The molecule has 1 amide bonds. The molecule has 0 saturated heterocycles. The van der Waals surface area contributed by atoms with Crippen LogP contribution in [-0.2, 0) is 9.59 Å². The van der Waals surface area contributed by atoms with Gasteiger partial charge in [-0.15, -0.1) is 11.8 Å². The molecule has 0 atom stereocenters. The number of carbonyl (C=O) groups excluding carboxylic acids is 1. The van der Waals surface area contributed by atoms with Gasteiger partial charge >= 0.3 is 5.97 Å². The van der Waals surface area contributed by atoms with Crippen molar-refractivity contribution in [3.8, 4) is 0 Å². The standard InChI is InChI=1S/C15H18BrNO3S/c1-9-7-12(10(2)6-11(9)16)21-8-13(18)17-15(14(19)20)4-3-5-15/h6-7H,3-5,8H2,1-2H3,(H,17,18)(H,19,20). The summed E-state index contributed by atoms with van der Waals surface area (Å²) >= 11 is 4.92. The third-order valence-corrected chi connectivity index (χ3v) is 5.82. The van der Waals surface area contributed by atoms with Gasteiger partial charge in [-0.3, -0.25) is 4.79 Å². The highest BCUT2D eigenvalue weighted by Gasteiger charge is 2.45. The Morgan fingerprint density at radius 3 is 2.52 bits per heavy atom. The fraction of sp³-hybridized carbons (Fsp3) is 0.467. The summed E-state index contributed by atoms with van der Waals surface area (Å²) in [6.07, 6.45) is 1.90. The number of aliphatic carboxylic acids is 1. The summed E-state index contributed by atoms with van der Waals surface area (Å²) in [6.45, 7) is 4.00. The van der Waals surface area contributed by atoms with Crippen molar-refractivity contribution in [2.75, 3.05) is 5.75 Å². The van der Waals surface area contributed by atoms with Crippen molar-refractivity contribution in [1.82, 2.24) is 5.32 Å². The molecule has 0 aliphatic heterocycles. The van der Waals surface area contributed by atoms with Crippen molar-refractivity contribution in [2.24, 2.45) is 0 Å². The van der Waals surface area contributed by atoms with Gasteiger partial charge in [0, 0.05) is 9.37 Å². The summed E-state index contributed by atoms with van der Waals surface area (Å²) in [5, 5.41) is 11.9. The first-order valence-electron chi connectivity index (χ1n) is 6.78. The largest absolute Gasteiger partial charge is 0.480 e. The second kappa shape index (κ2) is 6.40. The summed E-state index contributed by atoms with van der Waals surface area (Å²) < 4.78 is 1.05. The van der Waals surface area contributed by atoms with E-state index < -0.39 is 11.5 Å². The lowest BCUT2D eigenvalue weighted by Gasteiger charge is -2.38. The molecule has 2 rings (SSSR count). The number of carboxylic acids is 1. The lowest BCUT2D eigenvalue weighted by molar-refractivity contribution is -0.151. The fourth-order valence-corrected chi connectivity index (χ4v) is 3.64. The van der Waals surface area contributed by atoms with Gasteiger partial charge in [0.25, 0.3) is 0 Å². The first kappa shape index (κ1) is 16.4. The Morgan fingerprint density at radius 1 is 1.33 bits per heavy atom. The Hall–Kier alpha value is -1.01. The Kier molecular flexibility index (Phi) is 4.99. The van der Waals surface area contributed by atoms with Crippen molar-refractivity contribution in [3.05, 3.63) is 27.7 Å². The maximum Gasteiger partial charge on any atom is 0.329 e. The minimum absolute atomic E-state index is 0.220. The van der Waals surface area contributed by atoms with Crippen molar-refractivity contribution in [3.63, 3.8) is 0 Å². The van der Waals surface area contributed by atoms with E-state index in [1.165, 1.54) is 11.8 Å². The minimum Gasteiger partial charge on any atom is -0.480 e. The van der Waals surface area contributed by atoms with Crippen LogP contribution in [0.25, 0.3) is 0 Å². The maximum atomic E-state index is 12.0. The lowest BCUT2D eigenvalue weighted by Crippen LogP contribution is -2.59. The van der Waals surface area contributed by atoms with Crippen LogP contribution in [0.4, 0.5) is 0 Å². The van der Waals surface area contributed by atoms with Crippen LogP contribution in [0, 0.1) is 13.8 Å². The molecule has 114 valence electrons. The maximum absolute atomic E-state index is 12.0. The van der Waals surface area contributed by atoms with Gasteiger partial charge in [0.2, 0.25) is 5.91 Å². The molecule has 1 fully saturated rings. The van der Waals surface area contributed by atoms with Crippen LogP contribution in [0.2, 0.25) is 0 Å². The lowest BCUT2D eigenvalue weighted by atomic mass is 9.77. The third kappa shape index (κ3) is 3.61. The highest BCUT2D eigenvalue weighted by atomic mass is 79.9. The highest BCUT2D eigenvalue weighted by molar-refractivity contribution is 9.10. The normalized spacial score (nSPS) is 16.1. The van der Waals surface area contributed by atoms with Crippen LogP contribution < -0.4 is 5.32 Å². The monoisotopic (exact) mass is 371 g/mol. The van der Waals surface area contributed by atoms with E-state index in [9.17, 15) is 14.7 Å². The van der Waals surface area contributed by atoms with Crippen molar-refractivity contribution in [2.45, 2.75) is 43.5 Å². The number of benzene rings is 1. The zero-order chi connectivity index (χ0) is 15.6.